The van der Waals surface area contributed by atoms with Gasteiger partial charge in [0.25, 0.3) is 0 Å². The summed E-state index contributed by atoms with van der Waals surface area (Å²) in [5.74, 6) is -1.65. The van der Waals surface area contributed by atoms with Gasteiger partial charge in [0.1, 0.15) is 5.82 Å². The molecule has 1 aromatic heterocycles. The van der Waals surface area contributed by atoms with E-state index in [1.54, 1.807) is 6.92 Å². The summed E-state index contributed by atoms with van der Waals surface area (Å²) in [6.45, 7) is 1.76. The highest BCUT2D eigenvalue weighted by Crippen LogP contribution is 2.26. The molecule has 2 rings (SSSR count). The Hall–Kier alpha value is -2.17. The number of aryl methyl sites for hydroxylation is 1. The lowest BCUT2D eigenvalue weighted by atomic mass is 10.1. The molecule has 0 bridgehead atoms. The second kappa shape index (κ2) is 4.37. The number of benzene rings is 1. The van der Waals surface area contributed by atoms with E-state index < -0.39 is 11.8 Å². The van der Waals surface area contributed by atoms with E-state index in [1.165, 1.54) is 24.3 Å². The van der Waals surface area contributed by atoms with E-state index in [4.69, 9.17) is 4.52 Å². The predicted molar refractivity (Wildman–Crippen MR) is 55.6 cm³/mol. The summed E-state index contributed by atoms with van der Waals surface area (Å²) in [6, 6.07) is 5.31. The number of carboxylic acids is 1. The Balaban J connectivity index is 2.55. The zero-order valence-electron chi connectivity index (χ0n) is 9.07. The molecule has 4 nitrogen and oxygen atoms in total. The molecular formula is C12H9FNO3-. The number of carboxylic acid groups (broad SMARTS) is 1. The molecule has 1 aromatic carbocycles. The first-order chi connectivity index (χ1) is 8.13. The molecule has 0 radical (unpaired) electrons. The quantitative estimate of drug-likeness (QED) is 0.805. The van der Waals surface area contributed by atoms with Gasteiger partial charge in [0.15, 0.2) is 5.76 Å². The van der Waals surface area contributed by atoms with Gasteiger partial charge in [-0.15, -0.1) is 0 Å². The molecule has 17 heavy (non-hydrogen) atoms. The van der Waals surface area contributed by atoms with E-state index >= 15 is 0 Å². The molecule has 0 N–H and O–H groups in total. The van der Waals surface area contributed by atoms with Crippen LogP contribution < -0.4 is 5.11 Å². The van der Waals surface area contributed by atoms with Crippen LogP contribution >= 0.6 is 0 Å². The van der Waals surface area contributed by atoms with Crippen LogP contribution in [0.2, 0.25) is 0 Å². The van der Waals surface area contributed by atoms with Crippen molar-refractivity contribution >= 4 is 5.97 Å². The van der Waals surface area contributed by atoms with Gasteiger partial charge in [0, 0.05) is 5.56 Å². The fraction of sp³-hybridized carbons (Fsp3) is 0.167. The molecule has 2 aromatic rings. The number of carbonyl (C=O) groups is 1. The van der Waals surface area contributed by atoms with Crippen LogP contribution in [0, 0.1) is 5.82 Å². The van der Waals surface area contributed by atoms with Crippen molar-refractivity contribution in [3.05, 3.63) is 41.3 Å². The second-order valence-electron chi connectivity index (χ2n) is 3.48. The fourth-order valence-electron chi connectivity index (χ4n) is 1.57. The van der Waals surface area contributed by atoms with Crippen LogP contribution in [0.25, 0.3) is 11.3 Å². The molecule has 0 amide bonds. The summed E-state index contributed by atoms with van der Waals surface area (Å²) >= 11 is 0. The van der Waals surface area contributed by atoms with E-state index in [0.717, 1.165) is 0 Å². The minimum Gasteiger partial charge on any atom is -0.545 e. The van der Waals surface area contributed by atoms with Gasteiger partial charge in [0.05, 0.1) is 17.2 Å². The van der Waals surface area contributed by atoms with Crippen molar-refractivity contribution in [1.82, 2.24) is 5.16 Å². The van der Waals surface area contributed by atoms with Gasteiger partial charge in [-0.1, -0.05) is 12.1 Å². The Morgan fingerprint density at radius 2 is 2.06 bits per heavy atom. The maximum atomic E-state index is 12.8. The number of nitrogens with zero attached hydrogens (tertiary/aromatic N) is 1. The van der Waals surface area contributed by atoms with Gasteiger partial charge in [-0.25, -0.2) is 4.39 Å². The Morgan fingerprint density at radius 1 is 1.41 bits per heavy atom. The highest BCUT2D eigenvalue weighted by Gasteiger charge is 2.17. The van der Waals surface area contributed by atoms with Crippen molar-refractivity contribution in [2.24, 2.45) is 0 Å². The number of carbonyl (C=O) groups excluding carboxylic acids is 1. The third kappa shape index (κ3) is 2.04. The SMILES string of the molecule is CCc1noc(-c2ccc(F)cc2)c1C(=O)[O-]. The van der Waals surface area contributed by atoms with Crippen molar-refractivity contribution in [2.75, 3.05) is 0 Å². The predicted octanol–water partition coefficient (Wildman–Crippen LogP) is 1.41. The highest BCUT2D eigenvalue weighted by atomic mass is 19.1. The van der Waals surface area contributed by atoms with Crippen LogP contribution in [0.3, 0.4) is 0 Å². The van der Waals surface area contributed by atoms with Gasteiger partial charge in [-0.3, -0.25) is 0 Å². The molecular weight excluding hydrogens is 225 g/mol. The van der Waals surface area contributed by atoms with E-state index in [2.05, 4.69) is 5.16 Å². The largest absolute Gasteiger partial charge is 0.545 e. The third-order valence-corrected chi connectivity index (χ3v) is 2.41. The number of hydrogen-bond acceptors (Lipinski definition) is 4. The van der Waals surface area contributed by atoms with Crippen LogP contribution in [-0.2, 0) is 6.42 Å². The molecule has 0 aliphatic heterocycles. The van der Waals surface area contributed by atoms with E-state index in [0.29, 0.717) is 17.7 Å². The standard InChI is InChI=1S/C12H10FNO3/c1-2-9-10(12(15)16)11(17-14-9)7-3-5-8(13)6-4-7/h3-6H,2H2,1H3,(H,15,16)/p-1. The van der Waals surface area contributed by atoms with Crippen LogP contribution in [0.5, 0.6) is 0 Å². The summed E-state index contributed by atoms with van der Waals surface area (Å²) < 4.78 is 17.7. The molecule has 0 saturated heterocycles. The minimum atomic E-state index is -1.34. The Bertz CT molecular complexity index is 545. The van der Waals surface area contributed by atoms with Crippen molar-refractivity contribution in [3.8, 4) is 11.3 Å². The number of hydrogen-bond donors (Lipinski definition) is 0. The lowest BCUT2D eigenvalue weighted by Crippen LogP contribution is -2.23. The molecule has 0 atom stereocenters. The zero-order chi connectivity index (χ0) is 12.4. The number of aromatic carboxylic acids is 1. The van der Waals surface area contributed by atoms with Gasteiger partial charge in [-0.05, 0) is 30.7 Å². The Kier molecular flexibility index (Phi) is 2.91. The molecule has 0 spiro atoms. The average molecular weight is 234 g/mol. The molecule has 0 saturated carbocycles. The first-order valence-corrected chi connectivity index (χ1v) is 5.09. The smallest absolute Gasteiger partial charge is 0.176 e. The first kappa shape index (κ1) is 11.3. The summed E-state index contributed by atoms with van der Waals surface area (Å²) in [4.78, 5) is 11.0. The van der Waals surface area contributed by atoms with Gasteiger partial charge in [0.2, 0.25) is 0 Å². The lowest BCUT2D eigenvalue weighted by molar-refractivity contribution is -0.255. The van der Waals surface area contributed by atoms with Crippen molar-refractivity contribution < 1.29 is 18.8 Å². The molecule has 88 valence electrons. The van der Waals surface area contributed by atoms with Crippen molar-refractivity contribution in [3.63, 3.8) is 0 Å². The maximum Gasteiger partial charge on any atom is 0.176 e. The summed E-state index contributed by atoms with van der Waals surface area (Å²) in [5.41, 5.74) is 0.709. The Morgan fingerprint density at radius 3 is 2.59 bits per heavy atom. The monoisotopic (exact) mass is 234 g/mol. The lowest BCUT2D eigenvalue weighted by Gasteiger charge is -2.03. The molecule has 0 unspecified atom stereocenters. The van der Waals surface area contributed by atoms with Crippen LogP contribution in [0.15, 0.2) is 28.8 Å². The molecule has 0 aliphatic carbocycles. The third-order valence-electron chi connectivity index (χ3n) is 2.41. The van der Waals surface area contributed by atoms with E-state index in [1.807, 2.05) is 0 Å². The van der Waals surface area contributed by atoms with Crippen LogP contribution in [0.1, 0.15) is 23.0 Å². The number of rotatable bonds is 3. The van der Waals surface area contributed by atoms with E-state index in [-0.39, 0.29) is 11.3 Å². The van der Waals surface area contributed by atoms with Gasteiger partial charge in [-0.2, -0.15) is 0 Å². The van der Waals surface area contributed by atoms with Gasteiger partial charge < -0.3 is 14.4 Å². The van der Waals surface area contributed by atoms with Crippen molar-refractivity contribution in [1.29, 1.82) is 0 Å². The average Bonchev–Trinajstić information content (AvgIpc) is 2.73. The molecule has 1 heterocycles. The fourth-order valence-corrected chi connectivity index (χ4v) is 1.57. The summed E-state index contributed by atoms with van der Waals surface area (Å²) in [6.07, 6.45) is 0.425. The van der Waals surface area contributed by atoms with E-state index in [9.17, 15) is 14.3 Å². The summed E-state index contributed by atoms with van der Waals surface area (Å²) in [7, 11) is 0. The van der Waals surface area contributed by atoms with Crippen LogP contribution in [-0.4, -0.2) is 11.1 Å². The van der Waals surface area contributed by atoms with Crippen molar-refractivity contribution in [2.45, 2.75) is 13.3 Å². The Labute approximate surface area is 96.7 Å². The molecule has 5 heteroatoms. The molecule has 0 fully saturated rings. The maximum absolute atomic E-state index is 12.8. The van der Waals surface area contributed by atoms with Crippen LogP contribution in [0.4, 0.5) is 4.39 Å². The normalized spacial score (nSPS) is 10.5. The highest BCUT2D eigenvalue weighted by molar-refractivity contribution is 5.94. The number of aromatic nitrogens is 1. The number of halogens is 1. The summed E-state index contributed by atoms with van der Waals surface area (Å²) in [5, 5.41) is 14.7. The minimum absolute atomic E-state index is 0.0703. The second-order valence-corrected chi connectivity index (χ2v) is 3.48. The zero-order valence-corrected chi connectivity index (χ0v) is 9.07. The first-order valence-electron chi connectivity index (χ1n) is 5.09. The van der Waals surface area contributed by atoms with Gasteiger partial charge >= 0.3 is 0 Å². The molecule has 0 aliphatic rings. The topological polar surface area (TPSA) is 66.2 Å².